The SMILES string of the molecule is Nc1c(NCCCN2CCOCC2)ncnc1Nc1cc(F)ccc1F. The first-order chi connectivity index (χ1) is 12.6. The van der Waals surface area contributed by atoms with Crippen molar-refractivity contribution < 1.29 is 13.5 Å². The van der Waals surface area contributed by atoms with Crippen molar-refractivity contribution in [3.8, 4) is 0 Å². The van der Waals surface area contributed by atoms with Crippen LogP contribution in [0.4, 0.5) is 31.8 Å². The minimum atomic E-state index is -0.593. The van der Waals surface area contributed by atoms with E-state index in [9.17, 15) is 8.78 Å². The maximum Gasteiger partial charge on any atom is 0.159 e. The molecule has 1 fully saturated rings. The highest BCUT2D eigenvalue weighted by atomic mass is 19.1. The number of benzene rings is 1. The third-order valence-electron chi connectivity index (χ3n) is 4.11. The molecule has 26 heavy (non-hydrogen) atoms. The Labute approximate surface area is 150 Å². The van der Waals surface area contributed by atoms with Crippen molar-refractivity contribution in [2.24, 2.45) is 0 Å². The van der Waals surface area contributed by atoms with Crippen LogP contribution in [0, 0.1) is 11.6 Å². The van der Waals surface area contributed by atoms with E-state index in [-0.39, 0.29) is 17.2 Å². The van der Waals surface area contributed by atoms with Gasteiger partial charge in [0.1, 0.15) is 23.6 Å². The second-order valence-corrected chi connectivity index (χ2v) is 5.97. The van der Waals surface area contributed by atoms with Crippen molar-refractivity contribution in [2.45, 2.75) is 6.42 Å². The van der Waals surface area contributed by atoms with Gasteiger partial charge < -0.3 is 21.1 Å². The van der Waals surface area contributed by atoms with Gasteiger partial charge in [0.25, 0.3) is 0 Å². The van der Waals surface area contributed by atoms with Crippen LogP contribution in [0.3, 0.4) is 0 Å². The molecular weight excluding hydrogens is 342 g/mol. The number of nitrogen functional groups attached to an aromatic ring is 1. The third kappa shape index (κ3) is 4.77. The van der Waals surface area contributed by atoms with Crippen LogP contribution in [0.2, 0.25) is 0 Å². The first kappa shape index (κ1) is 18.3. The van der Waals surface area contributed by atoms with Crippen molar-refractivity contribution in [1.82, 2.24) is 14.9 Å². The Morgan fingerprint density at radius 2 is 1.92 bits per heavy atom. The zero-order valence-corrected chi connectivity index (χ0v) is 14.3. The largest absolute Gasteiger partial charge is 0.393 e. The van der Waals surface area contributed by atoms with Crippen LogP contribution in [0.1, 0.15) is 6.42 Å². The van der Waals surface area contributed by atoms with E-state index >= 15 is 0 Å². The van der Waals surface area contributed by atoms with Gasteiger partial charge in [-0.15, -0.1) is 0 Å². The topological polar surface area (TPSA) is 88.3 Å². The average Bonchev–Trinajstić information content (AvgIpc) is 2.65. The van der Waals surface area contributed by atoms with E-state index < -0.39 is 11.6 Å². The Bertz CT molecular complexity index is 739. The predicted octanol–water partition coefficient (Wildman–Crippen LogP) is 2.21. The second-order valence-electron chi connectivity index (χ2n) is 5.97. The molecule has 1 aromatic carbocycles. The van der Waals surface area contributed by atoms with Crippen molar-refractivity contribution >= 4 is 23.0 Å². The lowest BCUT2D eigenvalue weighted by Gasteiger charge is -2.26. The van der Waals surface area contributed by atoms with Crippen molar-refractivity contribution in [2.75, 3.05) is 55.8 Å². The Kier molecular flexibility index (Phi) is 6.13. The van der Waals surface area contributed by atoms with E-state index in [0.717, 1.165) is 57.5 Å². The number of nitrogens with zero attached hydrogens (tertiary/aromatic N) is 3. The molecule has 3 rings (SSSR count). The Balaban J connectivity index is 1.57. The first-order valence-corrected chi connectivity index (χ1v) is 8.50. The highest BCUT2D eigenvalue weighted by Crippen LogP contribution is 2.27. The maximum absolute atomic E-state index is 13.8. The number of halogens is 2. The van der Waals surface area contributed by atoms with Gasteiger partial charge in [-0.25, -0.2) is 18.7 Å². The predicted molar refractivity (Wildman–Crippen MR) is 96.5 cm³/mol. The average molecular weight is 364 g/mol. The molecule has 0 amide bonds. The molecule has 9 heteroatoms. The number of rotatable bonds is 7. The summed E-state index contributed by atoms with van der Waals surface area (Å²) in [5.41, 5.74) is 6.27. The summed E-state index contributed by atoms with van der Waals surface area (Å²) in [6.45, 7) is 5.09. The van der Waals surface area contributed by atoms with Gasteiger partial charge in [-0.2, -0.15) is 0 Å². The number of nitrogens with two attached hydrogens (primary N) is 1. The van der Waals surface area contributed by atoms with Crippen LogP contribution in [0.15, 0.2) is 24.5 Å². The number of nitrogens with one attached hydrogen (secondary N) is 2. The van der Waals surface area contributed by atoms with Gasteiger partial charge >= 0.3 is 0 Å². The Morgan fingerprint density at radius 3 is 2.73 bits per heavy atom. The fraction of sp³-hybridized carbons (Fsp3) is 0.412. The molecule has 0 aliphatic carbocycles. The van der Waals surface area contributed by atoms with Crippen LogP contribution < -0.4 is 16.4 Å². The van der Waals surface area contributed by atoms with Crippen LogP contribution in [-0.2, 0) is 4.74 Å². The fourth-order valence-corrected chi connectivity index (χ4v) is 2.69. The molecule has 0 saturated carbocycles. The van der Waals surface area contributed by atoms with Crippen LogP contribution >= 0.6 is 0 Å². The van der Waals surface area contributed by atoms with Gasteiger partial charge in [0, 0.05) is 25.7 Å². The van der Waals surface area contributed by atoms with Crippen molar-refractivity contribution in [3.05, 3.63) is 36.2 Å². The van der Waals surface area contributed by atoms with Crippen LogP contribution in [-0.4, -0.2) is 54.3 Å². The van der Waals surface area contributed by atoms with E-state index in [1.807, 2.05) is 0 Å². The number of hydrogen-bond acceptors (Lipinski definition) is 7. The molecule has 2 heterocycles. The van der Waals surface area contributed by atoms with E-state index in [1.165, 1.54) is 6.33 Å². The Morgan fingerprint density at radius 1 is 1.15 bits per heavy atom. The zero-order valence-electron chi connectivity index (χ0n) is 14.3. The molecule has 7 nitrogen and oxygen atoms in total. The van der Waals surface area contributed by atoms with Gasteiger partial charge in [0.15, 0.2) is 11.6 Å². The summed E-state index contributed by atoms with van der Waals surface area (Å²) < 4.78 is 32.4. The van der Waals surface area contributed by atoms with Gasteiger partial charge in [0.2, 0.25) is 0 Å². The highest BCUT2D eigenvalue weighted by Gasteiger charge is 2.12. The summed E-state index contributed by atoms with van der Waals surface area (Å²) in [6.07, 6.45) is 2.24. The molecule has 0 radical (unpaired) electrons. The highest BCUT2D eigenvalue weighted by molar-refractivity contribution is 5.77. The molecule has 1 aromatic heterocycles. The Hall–Kier alpha value is -2.52. The molecule has 0 unspecified atom stereocenters. The second kappa shape index (κ2) is 8.72. The number of ether oxygens (including phenoxy) is 1. The lowest BCUT2D eigenvalue weighted by atomic mass is 10.3. The molecule has 140 valence electrons. The van der Waals surface area contributed by atoms with Gasteiger partial charge in [-0.1, -0.05) is 0 Å². The summed E-state index contributed by atoms with van der Waals surface area (Å²) >= 11 is 0. The molecule has 2 aromatic rings. The van der Waals surface area contributed by atoms with Crippen molar-refractivity contribution in [1.29, 1.82) is 0 Å². The normalized spacial score (nSPS) is 15.0. The minimum Gasteiger partial charge on any atom is -0.393 e. The van der Waals surface area contributed by atoms with Crippen molar-refractivity contribution in [3.63, 3.8) is 0 Å². The summed E-state index contributed by atoms with van der Waals surface area (Å²) in [5, 5.41) is 5.87. The van der Waals surface area contributed by atoms with Gasteiger partial charge in [-0.3, -0.25) is 4.90 Å². The quantitative estimate of drug-likeness (QED) is 0.649. The first-order valence-electron chi connectivity index (χ1n) is 8.50. The fourth-order valence-electron chi connectivity index (χ4n) is 2.69. The lowest BCUT2D eigenvalue weighted by Crippen LogP contribution is -2.37. The molecule has 0 atom stereocenters. The molecule has 4 N–H and O–H groups in total. The molecule has 1 saturated heterocycles. The number of anilines is 4. The minimum absolute atomic E-state index is 0.0336. The van der Waals surface area contributed by atoms with Crippen LogP contribution in [0.5, 0.6) is 0 Å². The number of hydrogen-bond donors (Lipinski definition) is 3. The smallest absolute Gasteiger partial charge is 0.159 e. The van der Waals surface area contributed by atoms with E-state index in [1.54, 1.807) is 0 Å². The monoisotopic (exact) mass is 364 g/mol. The van der Waals surface area contributed by atoms with E-state index in [4.69, 9.17) is 10.5 Å². The van der Waals surface area contributed by atoms with E-state index in [0.29, 0.717) is 12.4 Å². The third-order valence-corrected chi connectivity index (χ3v) is 4.11. The molecule has 0 spiro atoms. The summed E-state index contributed by atoms with van der Waals surface area (Å²) in [6, 6.07) is 3.14. The van der Waals surface area contributed by atoms with E-state index in [2.05, 4.69) is 25.5 Å². The van der Waals surface area contributed by atoms with Crippen LogP contribution in [0.25, 0.3) is 0 Å². The van der Waals surface area contributed by atoms with Gasteiger partial charge in [-0.05, 0) is 25.1 Å². The summed E-state index contributed by atoms with van der Waals surface area (Å²) in [4.78, 5) is 10.5. The maximum atomic E-state index is 13.8. The summed E-state index contributed by atoms with van der Waals surface area (Å²) in [5.74, 6) is -0.464. The molecule has 1 aliphatic heterocycles. The number of aromatic nitrogens is 2. The zero-order chi connectivity index (χ0) is 18.4. The van der Waals surface area contributed by atoms with Gasteiger partial charge in [0.05, 0.1) is 18.9 Å². The molecule has 0 bridgehead atoms. The molecular formula is C17H22F2N6O. The standard InChI is InChI=1S/C17H22F2N6O/c18-12-2-3-13(19)14(10-12)24-17-15(20)16(22-11-23-17)21-4-1-5-25-6-8-26-9-7-25/h2-3,10-11H,1,4-9,20H2,(H2,21,22,23,24). The molecule has 1 aliphatic rings. The number of morpholine rings is 1. The lowest BCUT2D eigenvalue weighted by molar-refractivity contribution is 0.0378. The summed E-state index contributed by atoms with van der Waals surface area (Å²) in [7, 11) is 0.